The molecule has 0 spiro atoms. The average molecular weight is 326 g/mol. The summed E-state index contributed by atoms with van der Waals surface area (Å²) >= 11 is 1.54. The number of hydrogen-bond acceptors (Lipinski definition) is 3. The maximum absolute atomic E-state index is 12.4. The lowest BCUT2D eigenvalue weighted by Crippen LogP contribution is -2.13. The normalized spacial score (nSPS) is 11.9. The lowest BCUT2D eigenvalue weighted by atomic mass is 10.1. The van der Waals surface area contributed by atoms with Gasteiger partial charge in [0, 0.05) is 12.6 Å². The molecule has 1 heterocycles. The van der Waals surface area contributed by atoms with E-state index in [2.05, 4.69) is 31.0 Å². The molecule has 0 atom stereocenters. The number of hydrogen-bond donors (Lipinski definition) is 0. The fourth-order valence-corrected chi connectivity index (χ4v) is 3.63. The number of ether oxygens (including phenoxy) is 1. The van der Waals surface area contributed by atoms with Crippen LogP contribution in [0.15, 0.2) is 41.4 Å². The molecule has 0 saturated carbocycles. The van der Waals surface area contributed by atoms with Crippen molar-refractivity contribution in [3.05, 3.63) is 57.9 Å². The van der Waals surface area contributed by atoms with Crippen molar-refractivity contribution < 1.29 is 9.53 Å². The molecular formula is C18H18N2O2S. The minimum atomic E-state index is -0.246. The minimum absolute atomic E-state index is 0.246. The van der Waals surface area contributed by atoms with E-state index in [-0.39, 0.29) is 5.91 Å². The zero-order valence-corrected chi connectivity index (χ0v) is 14.4. The second-order valence-corrected chi connectivity index (χ2v) is 6.50. The highest BCUT2D eigenvalue weighted by molar-refractivity contribution is 7.16. The lowest BCUT2D eigenvalue weighted by molar-refractivity contribution is 0.0998. The molecule has 23 heavy (non-hydrogen) atoms. The smallest absolute Gasteiger partial charge is 0.279 e. The Kier molecular flexibility index (Phi) is 4.05. The minimum Gasteiger partial charge on any atom is -0.497 e. The summed E-state index contributed by atoms with van der Waals surface area (Å²) in [5.74, 6) is 0.476. The van der Waals surface area contributed by atoms with E-state index in [9.17, 15) is 4.79 Å². The van der Waals surface area contributed by atoms with Gasteiger partial charge in [-0.1, -0.05) is 17.4 Å². The van der Waals surface area contributed by atoms with Gasteiger partial charge in [0.1, 0.15) is 5.75 Å². The van der Waals surface area contributed by atoms with Crippen LogP contribution in [0.1, 0.15) is 21.5 Å². The van der Waals surface area contributed by atoms with Crippen LogP contribution in [0.25, 0.3) is 10.2 Å². The number of rotatable bonds is 2. The van der Waals surface area contributed by atoms with Crippen molar-refractivity contribution in [2.45, 2.75) is 13.8 Å². The number of carbonyl (C=O) groups is 1. The van der Waals surface area contributed by atoms with E-state index in [1.807, 2.05) is 11.6 Å². The van der Waals surface area contributed by atoms with Crippen LogP contribution in [0.2, 0.25) is 0 Å². The highest BCUT2D eigenvalue weighted by atomic mass is 32.1. The number of aromatic nitrogens is 1. The molecule has 0 fully saturated rings. The molecule has 3 aromatic rings. The first-order chi connectivity index (χ1) is 11.0. The predicted octanol–water partition coefficient (Wildman–Crippen LogP) is 3.61. The van der Waals surface area contributed by atoms with E-state index >= 15 is 0 Å². The predicted molar refractivity (Wildman–Crippen MR) is 93.2 cm³/mol. The molecule has 2 aromatic carbocycles. The number of methoxy groups -OCH3 is 1. The van der Waals surface area contributed by atoms with E-state index < -0.39 is 0 Å². The number of fused-ring (bicyclic) bond motifs is 1. The molecule has 1 amide bonds. The van der Waals surface area contributed by atoms with Crippen molar-refractivity contribution in [3.63, 3.8) is 0 Å². The summed E-state index contributed by atoms with van der Waals surface area (Å²) in [6.07, 6.45) is 0. The van der Waals surface area contributed by atoms with Gasteiger partial charge in [-0.3, -0.25) is 4.79 Å². The summed E-state index contributed by atoms with van der Waals surface area (Å²) in [5.41, 5.74) is 4.07. The van der Waals surface area contributed by atoms with E-state index in [1.165, 1.54) is 15.8 Å². The first kappa shape index (κ1) is 15.5. The molecule has 0 saturated heterocycles. The molecule has 0 aliphatic rings. The Morgan fingerprint density at radius 1 is 1.17 bits per heavy atom. The molecule has 5 heteroatoms. The average Bonchev–Trinajstić information content (AvgIpc) is 2.84. The van der Waals surface area contributed by atoms with Crippen molar-refractivity contribution >= 4 is 27.5 Å². The third-order valence-electron chi connectivity index (χ3n) is 3.78. The van der Waals surface area contributed by atoms with Gasteiger partial charge in [0.15, 0.2) is 4.80 Å². The van der Waals surface area contributed by atoms with E-state index in [1.54, 1.807) is 42.7 Å². The molecule has 4 nitrogen and oxygen atoms in total. The Hall–Kier alpha value is -2.40. The van der Waals surface area contributed by atoms with Gasteiger partial charge >= 0.3 is 0 Å². The zero-order valence-electron chi connectivity index (χ0n) is 13.6. The van der Waals surface area contributed by atoms with Gasteiger partial charge in [0.05, 0.1) is 17.3 Å². The Labute approximate surface area is 138 Å². The van der Waals surface area contributed by atoms with Gasteiger partial charge in [0.25, 0.3) is 5.91 Å². The number of amides is 1. The quantitative estimate of drug-likeness (QED) is 0.722. The summed E-state index contributed by atoms with van der Waals surface area (Å²) in [6.45, 7) is 4.16. The van der Waals surface area contributed by atoms with Gasteiger partial charge in [-0.05, 0) is 55.3 Å². The van der Waals surface area contributed by atoms with Gasteiger partial charge in [0.2, 0.25) is 0 Å². The molecule has 0 bridgehead atoms. The summed E-state index contributed by atoms with van der Waals surface area (Å²) in [6, 6.07) is 11.3. The van der Waals surface area contributed by atoms with Crippen molar-refractivity contribution in [2.75, 3.05) is 7.11 Å². The van der Waals surface area contributed by atoms with Gasteiger partial charge < -0.3 is 9.30 Å². The monoisotopic (exact) mass is 326 g/mol. The molecule has 1 aromatic heterocycles. The van der Waals surface area contributed by atoms with Crippen LogP contribution >= 0.6 is 11.3 Å². The maximum atomic E-state index is 12.4. The van der Waals surface area contributed by atoms with E-state index in [0.717, 1.165) is 11.3 Å². The first-order valence-corrected chi connectivity index (χ1v) is 8.11. The summed E-state index contributed by atoms with van der Waals surface area (Å²) in [5, 5.41) is 0. The van der Waals surface area contributed by atoms with Gasteiger partial charge in [-0.2, -0.15) is 4.99 Å². The Balaban J connectivity index is 2.08. The van der Waals surface area contributed by atoms with Crippen LogP contribution in [0.4, 0.5) is 0 Å². The first-order valence-electron chi connectivity index (χ1n) is 7.29. The second-order valence-electron chi connectivity index (χ2n) is 5.52. The second kappa shape index (κ2) is 6.01. The fraction of sp³-hybridized carbons (Fsp3) is 0.222. The fourth-order valence-electron chi connectivity index (χ4n) is 2.56. The molecule has 3 rings (SSSR count). The zero-order chi connectivity index (χ0) is 16.6. The van der Waals surface area contributed by atoms with Crippen molar-refractivity contribution in [1.29, 1.82) is 0 Å². The largest absolute Gasteiger partial charge is 0.497 e. The standard InChI is InChI=1S/C18H18N2O2S/c1-11-9-12(2)16-15(10-11)20(3)18(23-16)19-17(21)13-5-7-14(22-4)8-6-13/h5-10H,1-4H3. The third kappa shape index (κ3) is 2.92. The van der Waals surface area contributed by atoms with Crippen LogP contribution < -0.4 is 9.54 Å². The van der Waals surface area contributed by atoms with Crippen molar-refractivity contribution in [2.24, 2.45) is 12.0 Å². The number of carbonyl (C=O) groups excluding carboxylic acids is 1. The Morgan fingerprint density at radius 2 is 1.87 bits per heavy atom. The molecule has 0 radical (unpaired) electrons. The molecule has 0 N–H and O–H groups in total. The third-order valence-corrected chi connectivity index (χ3v) is 5.06. The number of aryl methyl sites for hydroxylation is 3. The Bertz CT molecular complexity index is 950. The summed E-state index contributed by atoms with van der Waals surface area (Å²) < 4.78 is 8.25. The highest BCUT2D eigenvalue weighted by Crippen LogP contribution is 2.22. The van der Waals surface area contributed by atoms with Crippen LogP contribution in [-0.4, -0.2) is 17.6 Å². The Morgan fingerprint density at radius 3 is 2.52 bits per heavy atom. The summed E-state index contributed by atoms with van der Waals surface area (Å²) in [7, 11) is 3.54. The molecule has 0 aliphatic heterocycles. The van der Waals surface area contributed by atoms with Crippen molar-refractivity contribution in [1.82, 2.24) is 4.57 Å². The summed E-state index contributed by atoms with van der Waals surface area (Å²) in [4.78, 5) is 17.4. The van der Waals surface area contributed by atoms with Crippen LogP contribution in [-0.2, 0) is 7.05 Å². The van der Waals surface area contributed by atoms with Crippen LogP contribution in [0, 0.1) is 13.8 Å². The van der Waals surface area contributed by atoms with E-state index in [0.29, 0.717) is 10.4 Å². The van der Waals surface area contributed by atoms with E-state index in [4.69, 9.17) is 4.74 Å². The highest BCUT2D eigenvalue weighted by Gasteiger charge is 2.09. The van der Waals surface area contributed by atoms with Gasteiger partial charge in [-0.15, -0.1) is 0 Å². The molecule has 0 unspecified atom stereocenters. The number of nitrogens with zero attached hydrogens (tertiary/aromatic N) is 2. The van der Waals surface area contributed by atoms with Crippen molar-refractivity contribution in [3.8, 4) is 5.75 Å². The van der Waals surface area contributed by atoms with Crippen LogP contribution in [0.3, 0.4) is 0 Å². The topological polar surface area (TPSA) is 43.6 Å². The van der Waals surface area contributed by atoms with Crippen LogP contribution in [0.5, 0.6) is 5.75 Å². The number of benzene rings is 2. The van der Waals surface area contributed by atoms with Gasteiger partial charge in [-0.25, -0.2) is 0 Å². The maximum Gasteiger partial charge on any atom is 0.279 e. The molecule has 118 valence electrons. The SMILES string of the molecule is COc1ccc(C(=O)N=c2sc3c(C)cc(C)cc3n2C)cc1. The molecule has 0 aliphatic carbocycles. The lowest BCUT2D eigenvalue weighted by Gasteiger charge is -2.00. The number of thiazole rings is 1. The molecular weight excluding hydrogens is 308 g/mol.